The first-order valence-corrected chi connectivity index (χ1v) is 12.9. The Kier molecular flexibility index (Phi) is 7.00. The number of piperidine rings is 1. The second-order valence-corrected chi connectivity index (χ2v) is 10.5. The summed E-state index contributed by atoms with van der Waals surface area (Å²) in [7, 11) is 1.61. The van der Waals surface area contributed by atoms with Crippen molar-refractivity contribution in [1.82, 2.24) is 9.80 Å². The summed E-state index contributed by atoms with van der Waals surface area (Å²) in [5.74, 6) is 0.574. The molecule has 2 aliphatic rings. The van der Waals surface area contributed by atoms with Crippen molar-refractivity contribution in [2.75, 3.05) is 20.2 Å². The summed E-state index contributed by atoms with van der Waals surface area (Å²) in [6.45, 7) is 6.07. The van der Waals surface area contributed by atoms with Crippen LogP contribution >= 0.6 is 0 Å². The van der Waals surface area contributed by atoms with E-state index in [-0.39, 0.29) is 24.2 Å². The van der Waals surface area contributed by atoms with Gasteiger partial charge in [-0.25, -0.2) is 4.39 Å². The Morgan fingerprint density at radius 3 is 2.24 bits per heavy atom. The van der Waals surface area contributed by atoms with Gasteiger partial charge in [0.25, 0.3) is 5.91 Å². The van der Waals surface area contributed by atoms with E-state index < -0.39 is 12.0 Å². The topological polar surface area (TPSA) is 49.9 Å². The number of likely N-dealkylation sites (tertiary alicyclic amines) is 1. The van der Waals surface area contributed by atoms with Gasteiger partial charge in [-0.3, -0.25) is 9.59 Å². The lowest BCUT2D eigenvalue weighted by atomic mass is 9.78. The maximum absolute atomic E-state index is 14.4. The summed E-state index contributed by atoms with van der Waals surface area (Å²) >= 11 is 0. The second-order valence-electron chi connectivity index (χ2n) is 10.5. The maximum atomic E-state index is 14.4. The van der Waals surface area contributed by atoms with Crippen LogP contribution in [0.2, 0.25) is 0 Å². The average Bonchev–Trinajstić information content (AvgIpc) is 2.90. The van der Waals surface area contributed by atoms with Crippen LogP contribution in [0.5, 0.6) is 5.75 Å². The lowest BCUT2D eigenvalue weighted by Gasteiger charge is -2.45. The fourth-order valence-corrected chi connectivity index (χ4v) is 6.03. The molecular formula is C31H33FN2O3. The van der Waals surface area contributed by atoms with Crippen LogP contribution in [0.3, 0.4) is 0 Å². The first kappa shape index (κ1) is 25.0. The smallest absolute Gasteiger partial charge is 0.255 e. The summed E-state index contributed by atoms with van der Waals surface area (Å²) < 4.78 is 19.0. The van der Waals surface area contributed by atoms with Gasteiger partial charge >= 0.3 is 0 Å². The summed E-state index contributed by atoms with van der Waals surface area (Å²) in [5, 5.41) is 0. The molecule has 0 saturated carbocycles. The molecule has 0 aromatic heterocycles. The van der Waals surface area contributed by atoms with Gasteiger partial charge in [-0.15, -0.1) is 0 Å². The lowest BCUT2D eigenvalue weighted by molar-refractivity contribution is -0.137. The van der Waals surface area contributed by atoms with Gasteiger partial charge < -0.3 is 14.5 Å². The van der Waals surface area contributed by atoms with Crippen LogP contribution in [0.15, 0.2) is 72.8 Å². The van der Waals surface area contributed by atoms with Crippen LogP contribution in [0.4, 0.5) is 4.39 Å². The monoisotopic (exact) mass is 500 g/mol. The van der Waals surface area contributed by atoms with Gasteiger partial charge in [0.05, 0.1) is 19.1 Å². The highest BCUT2D eigenvalue weighted by atomic mass is 19.1. The number of hydrogen-bond donors (Lipinski definition) is 0. The van der Waals surface area contributed by atoms with E-state index in [9.17, 15) is 14.0 Å². The molecule has 2 heterocycles. The van der Waals surface area contributed by atoms with Gasteiger partial charge in [-0.05, 0) is 65.3 Å². The molecule has 5 nitrogen and oxygen atoms in total. The van der Waals surface area contributed by atoms with Crippen molar-refractivity contribution in [3.05, 3.63) is 101 Å². The summed E-state index contributed by atoms with van der Waals surface area (Å²) in [5.41, 5.74) is 2.98. The molecule has 0 spiro atoms. The molecule has 3 aromatic carbocycles. The highest BCUT2D eigenvalue weighted by Crippen LogP contribution is 2.45. The summed E-state index contributed by atoms with van der Waals surface area (Å²) in [6, 6.07) is 20.7. The molecule has 192 valence electrons. The predicted octanol–water partition coefficient (Wildman–Crippen LogP) is 5.82. The number of amides is 2. The molecule has 1 fully saturated rings. The number of methoxy groups -OCH3 is 1. The number of carbonyl (C=O) groups is 2. The number of fused-ring (bicyclic) bond motifs is 1. The largest absolute Gasteiger partial charge is 0.497 e. The zero-order valence-electron chi connectivity index (χ0n) is 21.6. The Bertz CT molecular complexity index is 1260. The zero-order valence-corrected chi connectivity index (χ0v) is 21.6. The normalized spacial score (nSPS) is 23.5. The zero-order chi connectivity index (χ0) is 26.1. The van der Waals surface area contributed by atoms with Crippen LogP contribution < -0.4 is 4.74 Å². The fraction of sp³-hybridized carbons (Fsp3) is 0.355. The van der Waals surface area contributed by atoms with E-state index in [4.69, 9.17) is 4.74 Å². The van der Waals surface area contributed by atoms with Crippen molar-refractivity contribution in [3.8, 4) is 5.75 Å². The third-order valence-electron chi connectivity index (χ3n) is 7.61. The number of rotatable bonds is 5. The molecule has 3 aromatic rings. The molecule has 0 radical (unpaired) electrons. The minimum atomic E-state index is -0.555. The molecule has 6 heteroatoms. The number of ether oxygens (including phenoxy) is 1. The molecule has 37 heavy (non-hydrogen) atoms. The Morgan fingerprint density at radius 2 is 1.59 bits per heavy atom. The van der Waals surface area contributed by atoms with Crippen molar-refractivity contribution in [3.63, 3.8) is 0 Å². The summed E-state index contributed by atoms with van der Waals surface area (Å²) in [6.07, 6.45) is 1.10. The van der Waals surface area contributed by atoms with Gasteiger partial charge in [0, 0.05) is 25.2 Å². The maximum Gasteiger partial charge on any atom is 0.255 e. The Hall–Kier alpha value is -3.67. The van der Waals surface area contributed by atoms with Crippen LogP contribution in [0.25, 0.3) is 0 Å². The molecule has 1 saturated heterocycles. The van der Waals surface area contributed by atoms with Crippen molar-refractivity contribution >= 4 is 11.8 Å². The van der Waals surface area contributed by atoms with E-state index in [1.165, 1.54) is 12.1 Å². The number of nitrogens with zero attached hydrogens (tertiary/aromatic N) is 2. The Balaban J connectivity index is 1.64. The minimum Gasteiger partial charge on any atom is -0.497 e. The molecule has 4 atom stereocenters. The predicted molar refractivity (Wildman–Crippen MR) is 141 cm³/mol. The van der Waals surface area contributed by atoms with E-state index in [1.54, 1.807) is 30.2 Å². The van der Waals surface area contributed by atoms with Crippen molar-refractivity contribution in [2.24, 2.45) is 11.8 Å². The standard InChI is InChI=1S/C31H33FN2O3/c1-20-16-21(2)18-33(17-20)31(36)28-26-6-4-5-7-27(26)30(35)34(19-22-8-12-24(32)13-9-22)29(28)23-10-14-25(37-3)15-11-23/h4-15,20-21,28-29H,16-19H2,1-3H3/t20-,21+,28-,29-/m1/s1. The Morgan fingerprint density at radius 1 is 0.946 bits per heavy atom. The number of hydrogen-bond acceptors (Lipinski definition) is 3. The first-order valence-electron chi connectivity index (χ1n) is 12.9. The molecule has 2 amide bonds. The van der Waals surface area contributed by atoms with Crippen LogP contribution in [0.1, 0.15) is 59.3 Å². The van der Waals surface area contributed by atoms with E-state index in [1.807, 2.05) is 47.4 Å². The van der Waals surface area contributed by atoms with E-state index in [2.05, 4.69) is 13.8 Å². The number of benzene rings is 3. The molecule has 0 bridgehead atoms. The Labute approximate surface area is 217 Å². The van der Waals surface area contributed by atoms with Gasteiger partial charge in [0.2, 0.25) is 5.91 Å². The van der Waals surface area contributed by atoms with Crippen LogP contribution in [-0.2, 0) is 11.3 Å². The quantitative estimate of drug-likeness (QED) is 0.444. The van der Waals surface area contributed by atoms with Crippen molar-refractivity contribution in [1.29, 1.82) is 0 Å². The fourth-order valence-electron chi connectivity index (χ4n) is 6.03. The molecule has 0 aliphatic carbocycles. The van der Waals surface area contributed by atoms with Crippen LogP contribution in [0, 0.1) is 17.7 Å². The van der Waals surface area contributed by atoms with Gasteiger partial charge in [-0.2, -0.15) is 0 Å². The highest BCUT2D eigenvalue weighted by Gasteiger charge is 2.46. The second kappa shape index (κ2) is 10.4. The summed E-state index contributed by atoms with van der Waals surface area (Å²) in [4.78, 5) is 32.1. The molecule has 0 N–H and O–H groups in total. The first-order chi connectivity index (χ1) is 17.9. The highest BCUT2D eigenvalue weighted by molar-refractivity contribution is 6.01. The third-order valence-corrected chi connectivity index (χ3v) is 7.61. The van der Waals surface area contributed by atoms with Gasteiger partial charge in [0.15, 0.2) is 0 Å². The van der Waals surface area contributed by atoms with Crippen molar-refractivity contribution < 1.29 is 18.7 Å². The SMILES string of the molecule is COc1ccc([C@@H]2[C@H](C(=O)N3C[C@H](C)C[C@H](C)C3)c3ccccc3C(=O)N2Cc2ccc(F)cc2)cc1. The van der Waals surface area contributed by atoms with Crippen LogP contribution in [-0.4, -0.2) is 41.8 Å². The molecular weight excluding hydrogens is 467 g/mol. The minimum absolute atomic E-state index is 0.0447. The van der Waals surface area contributed by atoms with E-state index >= 15 is 0 Å². The lowest BCUT2D eigenvalue weighted by Crippen LogP contribution is -2.50. The number of halogens is 1. The van der Waals surface area contributed by atoms with Gasteiger partial charge in [0.1, 0.15) is 11.6 Å². The van der Waals surface area contributed by atoms with E-state index in [0.29, 0.717) is 36.2 Å². The average molecular weight is 501 g/mol. The molecule has 5 rings (SSSR count). The third kappa shape index (κ3) is 4.97. The van der Waals surface area contributed by atoms with Gasteiger partial charge in [-0.1, -0.05) is 56.3 Å². The number of carbonyl (C=O) groups excluding carboxylic acids is 2. The van der Waals surface area contributed by atoms with Crippen molar-refractivity contribution in [2.45, 2.75) is 38.8 Å². The van der Waals surface area contributed by atoms with E-state index in [0.717, 1.165) is 23.1 Å². The molecule has 2 aliphatic heterocycles. The molecule has 0 unspecified atom stereocenters.